The lowest BCUT2D eigenvalue weighted by Crippen LogP contribution is -2.43. The van der Waals surface area contributed by atoms with Crippen LogP contribution in [0.25, 0.3) is 0 Å². The maximum atomic E-state index is 11.7. The molecule has 1 aromatic carbocycles. The zero-order valence-corrected chi connectivity index (χ0v) is 11.8. The molecule has 21 heavy (non-hydrogen) atoms. The molecule has 1 N–H and O–H groups in total. The van der Waals surface area contributed by atoms with Crippen LogP contribution in [0, 0.1) is 5.92 Å². The Hall–Kier alpha value is -2.23. The van der Waals surface area contributed by atoms with Crippen molar-refractivity contribution in [3.05, 3.63) is 47.2 Å². The first-order valence-corrected chi connectivity index (χ1v) is 7.11. The van der Waals surface area contributed by atoms with E-state index in [4.69, 9.17) is 9.47 Å². The molecule has 2 atom stereocenters. The highest BCUT2D eigenvalue weighted by atomic mass is 16.5. The van der Waals surface area contributed by atoms with Gasteiger partial charge in [0.1, 0.15) is 5.76 Å². The topological polar surface area (TPSA) is 55.8 Å². The Balaban J connectivity index is 1.97. The van der Waals surface area contributed by atoms with Crippen molar-refractivity contribution >= 4 is 5.78 Å². The highest BCUT2D eigenvalue weighted by Gasteiger charge is 2.48. The zero-order chi connectivity index (χ0) is 14.6. The highest BCUT2D eigenvalue weighted by molar-refractivity contribution is 6.01. The maximum Gasteiger partial charge on any atom is 0.181 e. The minimum Gasteiger partial charge on any atom is -0.504 e. The van der Waals surface area contributed by atoms with Gasteiger partial charge in [0.25, 0.3) is 0 Å². The highest BCUT2D eigenvalue weighted by Crippen LogP contribution is 2.52. The first kappa shape index (κ1) is 12.5. The molecule has 0 saturated carbocycles. The number of ether oxygens (including phenoxy) is 2. The van der Waals surface area contributed by atoms with E-state index >= 15 is 0 Å². The van der Waals surface area contributed by atoms with Crippen molar-refractivity contribution in [2.24, 2.45) is 5.92 Å². The Morgan fingerprint density at radius 3 is 3.10 bits per heavy atom. The normalized spacial score (nSPS) is 29.1. The number of carbonyl (C=O) groups is 1. The van der Waals surface area contributed by atoms with Crippen LogP contribution in [0.4, 0.5) is 0 Å². The van der Waals surface area contributed by atoms with E-state index in [0.717, 1.165) is 29.7 Å². The number of benzene rings is 1. The molecule has 0 aromatic heterocycles. The number of hydrogen-bond donors (Lipinski definition) is 1. The van der Waals surface area contributed by atoms with Crippen LogP contribution in [-0.2, 0) is 21.4 Å². The summed E-state index contributed by atoms with van der Waals surface area (Å²) in [4.78, 5) is 11.7. The fourth-order valence-corrected chi connectivity index (χ4v) is 3.81. The van der Waals surface area contributed by atoms with Crippen molar-refractivity contribution in [1.29, 1.82) is 0 Å². The zero-order valence-electron chi connectivity index (χ0n) is 11.8. The van der Waals surface area contributed by atoms with Gasteiger partial charge in [0.05, 0.1) is 19.1 Å². The van der Waals surface area contributed by atoms with Gasteiger partial charge in [0.15, 0.2) is 17.3 Å². The summed E-state index contributed by atoms with van der Waals surface area (Å²) in [5.74, 6) is 1.71. The number of rotatable bonds is 1. The van der Waals surface area contributed by atoms with Crippen LogP contribution in [0.2, 0.25) is 0 Å². The third kappa shape index (κ3) is 1.65. The monoisotopic (exact) mass is 284 g/mol. The van der Waals surface area contributed by atoms with E-state index < -0.39 is 0 Å². The number of fused-ring (bicyclic) bond motifs is 2. The number of carbonyl (C=O) groups excluding carboxylic acids is 1. The molecule has 4 nitrogen and oxygen atoms in total. The maximum absolute atomic E-state index is 11.7. The predicted octanol–water partition coefficient (Wildman–Crippen LogP) is 2.25. The van der Waals surface area contributed by atoms with Crippen molar-refractivity contribution in [1.82, 2.24) is 0 Å². The van der Waals surface area contributed by atoms with E-state index in [2.05, 4.69) is 0 Å². The summed E-state index contributed by atoms with van der Waals surface area (Å²) in [6, 6.07) is 3.67. The first-order valence-electron chi connectivity index (χ1n) is 7.11. The van der Waals surface area contributed by atoms with Gasteiger partial charge in [-0.15, -0.1) is 0 Å². The molecule has 1 spiro atoms. The second-order valence-electron chi connectivity index (χ2n) is 5.98. The van der Waals surface area contributed by atoms with Crippen LogP contribution in [0.1, 0.15) is 17.5 Å². The fourth-order valence-electron chi connectivity index (χ4n) is 3.81. The van der Waals surface area contributed by atoms with Gasteiger partial charge in [-0.25, -0.2) is 0 Å². The molecule has 3 aliphatic rings. The number of ketones is 1. The Bertz CT molecular complexity index is 701. The summed E-state index contributed by atoms with van der Waals surface area (Å²) >= 11 is 0. The van der Waals surface area contributed by atoms with Gasteiger partial charge >= 0.3 is 0 Å². The largest absolute Gasteiger partial charge is 0.504 e. The SMILES string of the molecule is COc1cc2c(cc1O)C[C@H]1COC3=CC(=O)C=C[C@]32C1. The van der Waals surface area contributed by atoms with Gasteiger partial charge < -0.3 is 14.6 Å². The van der Waals surface area contributed by atoms with Crippen molar-refractivity contribution in [2.45, 2.75) is 18.3 Å². The lowest BCUT2D eigenvalue weighted by Gasteiger charge is -2.47. The molecule has 4 heteroatoms. The number of methoxy groups -OCH3 is 1. The molecule has 0 amide bonds. The summed E-state index contributed by atoms with van der Waals surface area (Å²) in [6.07, 6.45) is 6.97. The number of allylic oxidation sites excluding steroid dienone is 3. The standard InChI is InChI=1S/C17H16O4/c1-20-15-7-13-11(5-14(15)19)4-10-8-17(13)3-2-12(18)6-16(17)21-9-10/h2-3,5-7,10,19H,4,8-9H2,1H3/t10-,17-/m1/s1. The summed E-state index contributed by atoms with van der Waals surface area (Å²) in [6.45, 7) is 0.626. The molecule has 1 heterocycles. The number of phenolic OH excluding ortho intramolecular Hbond substituents is 1. The number of hydrogen-bond acceptors (Lipinski definition) is 4. The van der Waals surface area contributed by atoms with Gasteiger partial charge in [-0.3, -0.25) is 4.79 Å². The third-order valence-corrected chi connectivity index (χ3v) is 4.72. The molecular formula is C17H16O4. The molecule has 108 valence electrons. The Labute approximate surface area is 122 Å². The number of phenols is 1. The van der Waals surface area contributed by atoms with Gasteiger partial charge in [-0.05, 0) is 48.1 Å². The van der Waals surface area contributed by atoms with Gasteiger partial charge in [0.2, 0.25) is 0 Å². The van der Waals surface area contributed by atoms with E-state index in [1.165, 1.54) is 0 Å². The molecule has 1 aliphatic heterocycles. The molecule has 2 aliphatic carbocycles. The molecule has 2 bridgehead atoms. The first-order chi connectivity index (χ1) is 10.1. The third-order valence-electron chi connectivity index (χ3n) is 4.72. The lowest BCUT2D eigenvalue weighted by molar-refractivity contribution is -0.111. The molecule has 1 fully saturated rings. The quantitative estimate of drug-likeness (QED) is 0.859. The van der Waals surface area contributed by atoms with Crippen LogP contribution < -0.4 is 4.74 Å². The minimum absolute atomic E-state index is 0.0352. The van der Waals surface area contributed by atoms with Crippen molar-refractivity contribution in [3.8, 4) is 11.5 Å². The predicted molar refractivity (Wildman–Crippen MR) is 76.3 cm³/mol. The van der Waals surface area contributed by atoms with Crippen LogP contribution in [0.15, 0.2) is 36.1 Å². The summed E-state index contributed by atoms with van der Waals surface area (Å²) < 4.78 is 11.1. The molecule has 4 rings (SSSR count). The van der Waals surface area contributed by atoms with Crippen LogP contribution in [0.5, 0.6) is 11.5 Å². The number of aromatic hydroxyl groups is 1. The average molecular weight is 284 g/mol. The van der Waals surface area contributed by atoms with E-state index in [0.29, 0.717) is 18.3 Å². The molecule has 1 saturated heterocycles. The van der Waals surface area contributed by atoms with E-state index in [1.807, 2.05) is 12.1 Å². The second kappa shape index (κ2) is 4.13. The Morgan fingerprint density at radius 2 is 2.29 bits per heavy atom. The van der Waals surface area contributed by atoms with Gasteiger partial charge in [0, 0.05) is 6.08 Å². The van der Waals surface area contributed by atoms with E-state index in [9.17, 15) is 9.90 Å². The summed E-state index contributed by atoms with van der Waals surface area (Å²) in [7, 11) is 1.54. The Kier molecular flexibility index (Phi) is 2.46. The summed E-state index contributed by atoms with van der Waals surface area (Å²) in [5.41, 5.74) is 1.80. The average Bonchev–Trinajstić information content (AvgIpc) is 2.47. The molecule has 1 aromatic rings. The minimum atomic E-state index is -0.384. The van der Waals surface area contributed by atoms with Gasteiger partial charge in [-0.1, -0.05) is 6.08 Å². The summed E-state index contributed by atoms with van der Waals surface area (Å²) in [5, 5.41) is 10.0. The lowest BCUT2D eigenvalue weighted by atomic mass is 9.62. The van der Waals surface area contributed by atoms with Gasteiger partial charge in [-0.2, -0.15) is 0 Å². The van der Waals surface area contributed by atoms with Crippen molar-refractivity contribution in [3.63, 3.8) is 0 Å². The fraction of sp³-hybridized carbons (Fsp3) is 0.353. The molecule has 0 unspecified atom stereocenters. The van der Waals surface area contributed by atoms with Crippen molar-refractivity contribution < 1.29 is 19.4 Å². The molecule has 0 radical (unpaired) electrons. The molecular weight excluding hydrogens is 268 g/mol. The van der Waals surface area contributed by atoms with E-state index in [-0.39, 0.29) is 16.9 Å². The Morgan fingerprint density at radius 1 is 1.43 bits per heavy atom. The van der Waals surface area contributed by atoms with Crippen LogP contribution in [0.3, 0.4) is 0 Å². The van der Waals surface area contributed by atoms with Crippen LogP contribution in [-0.4, -0.2) is 24.6 Å². The van der Waals surface area contributed by atoms with Crippen LogP contribution >= 0.6 is 0 Å². The van der Waals surface area contributed by atoms with Crippen molar-refractivity contribution in [2.75, 3.05) is 13.7 Å². The second-order valence-corrected chi connectivity index (χ2v) is 5.98. The van der Waals surface area contributed by atoms with E-state index in [1.54, 1.807) is 25.3 Å². The smallest absolute Gasteiger partial charge is 0.181 e.